The van der Waals surface area contributed by atoms with Gasteiger partial charge in [-0.2, -0.15) is 0 Å². The Morgan fingerprint density at radius 3 is 2.00 bits per heavy atom. The zero-order valence-corrected chi connectivity index (χ0v) is 14.5. The topological polar surface area (TPSA) is 41.1 Å². The number of hydrogen-bond acceptors (Lipinski definition) is 2. The van der Waals surface area contributed by atoms with E-state index in [1.165, 1.54) is 5.56 Å². The first-order valence-corrected chi connectivity index (χ1v) is 8.73. The van der Waals surface area contributed by atoms with Crippen LogP contribution in [0.1, 0.15) is 31.4 Å². The lowest BCUT2D eigenvalue weighted by Gasteiger charge is -2.52. The Morgan fingerprint density at radius 2 is 1.50 bits per heavy atom. The molecule has 3 heteroatoms. The molecule has 3 atom stereocenters. The molecule has 0 heterocycles. The number of carbonyl (C=O) groups is 1. The van der Waals surface area contributed by atoms with E-state index in [4.69, 9.17) is 0 Å². The smallest absolute Gasteiger partial charge is 0.240 e. The van der Waals surface area contributed by atoms with Crippen molar-refractivity contribution in [2.45, 2.75) is 38.9 Å². The van der Waals surface area contributed by atoms with E-state index in [1.54, 1.807) is 0 Å². The Hall–Kier alpha value is -2.13. The first-order valence-electron chi connectivity index (χ1n) is 8.73. The third-order valence-corrected chi connectivity index (χ3v) is 5.43. The average molecular weight is 322 g/mol. The summed E-state index contributed by atoms with van der Waals surface area (Å²) in [5, 5.41) is 6.68. The van der Waals surface area contributed by atoms with Crippen LogP contribution in [0.3, 0.4) is 0 Å². The third-order valence-electron chi connectivity index (χ3n) is 5.43. The molecule has 24 heavy (non-hydrogen) atoms. The van der Waals surface area contributed by atoms with E-state index in [0.717, 1.165) is 18.5 Å². The minimum absolute atomic E-state index is 0.118. The molecule has 1 aliphatic rings. The van der Waals surface area contributed by atoms with Crippen LogP contribution in [0.4, 0.5) is 0 Å². The van der Waals surface area contributed by atoms with Gasteiger partial charge in [-0.3, -0.25) is 10.1 Å². The molecule has 2 N–H and O–H groups in total. The van der Waals surface area contributed by atoms with Crippen molar-refractivity contribution in [1.82, 2.24) is 10.6 Å². The van der Waals surface area contributed by atoms with Crippen LogP contribution < -0.4 is 10.6 Å². The van der Waals surface area contributed by atoms with Crippen molar-refractivity contribution in [3.8, 4) is 0 Å². The molecule has 3 rings (SSSR count). The highest BCUT2D eigenvalue weighted by atomic mass is 16.2. The molecular formula is C21H26N2O. The van der Waals surface area contributed by atoms with Gasteiger partial charge in [0, 0.05) is 13.1 Å². The van der Waals surface area contributed by atoms with Crippen LogP contribution in [0.2, 0.25) is 0 Å². The number of amides is 1. The highest BCUT2D eigenvalue weighted by Gasteiger charge is 2.54. The molecule has 1 saturated carbocycles. The molecule has 1 amide bonds. The second kappa shape index (κ2) is 7.18. The summed E-state index contributed by atoms with van der Waals surface area (Å²) in [6, 6.07) is 20.3. The van der Waals surface area contributed by atoms with Crippen LogP contribution >= 0.6 is 0 Å². The number of nitrogens with one attached hydrogen (secondary N) is 2. The molecule has 2 aromatic rings. The van der Waals surface area contributed by atoms with E-state index in [-0.39, 0.29) is 5.91 Å². The largest absolute Gasteiger partial charge is 0.350 e. The fraction of sp³-hybridized carbons (Fsp3) is 0.381. The zero-order chi connectivity index (χ0) is 17.0. The molecule has 0 spiro atoms. The Morgan fingerprint density at radius 1 is 0.958 bits per heavy atom. The molecular weight excluding hydrogens is 296 g/mol. The van der Waals surface area contributed by atoms with Gasteiger partial charge in [0.25, 0.3) is 0 Å². The maximum atomic E-state index is 12.9. The van der Waals surface area contributed by atoms with Gasteiger partial charge in [0.15, 0.2) is 0 Å². The summed E-state index contributed by atoms with van der Waals surface area (Å²) in [6.45, 7) is 5.69. The first-order chi connectivity index (χ1) is 11.6. The normalized spacial score (nSPS) is 25.8. The van der Waals surface area contributed by atoms with Gasteiger partial charge in [-0.15, -0.1) is 0 Å². The lowest BCUT2D eigenvalue weighted by Crippen LogP contribution is -2.68. The summed E-state index contributed by atoms with van der Waals surface area (Å²) in [5.74, 6) is 1.01. The standard InChI is InChI=1S/C21H26N2O/c1-16-13-21(17(16)2,23-15-19-11-7-4-8-12-19)20(24)22-14-18-9-5-3-6-10-18/h3-12,16-17,23H,13-15H2,1-2H3,(H,22,24)/t16-,17-,21-/m1/s1. The first kappa shape index (κ1) is 16.7. The Labute approximate surface area is 144 Å². The van der Waals surface area contributed by atoms with Crippen LogP contribution in [-0.4, -0.2) is 11.4 Å². The number of benzene rings is 2. The highest BCUT2D eigenvalue weighted by Crippen LogP contribution is 2.44. The van der Waals surface area contributed by atoms with Gasteiger partial charge < -0.3 is 5.32 Å². The van der Waals surface area contributed by atoms with Crippen LogP contribution in [0.15, 0.2) is 60.7 Å². The monoisotopic (exact) mass is 322 g/mol. The SMILES string of the molecule is C[C@@H]1C[C@](NCc2ccccc2)(C(=O)NCc2ccccc2)[C@@H]1C. The van der Waals surface area contributed by atoms with Crippen molar-refractivity contribution in [1.29, 1.82) is 0 Å². The second-order valence-electron chi connectivity index (χ2n) is 6.95. The number of hydrogen-bond donors (Lipinski definition) is 2. The maximum Gasteiger partial charge on any atom is 0.240 e. The van der Waals surface area contributed by atoms with Gasteiger partial charge in [-0.25, -0.2) is 0 Å². The van der Waals surface area contributed by atoms with E-state index >= 15 is 0 Å². The molecule has 0 unspecified atom stereocenters. The molecule has 0 aliphatic heterocycles. The molecule has 0 radical (unpaired) electrons. The number of carbonyl (C=O) groups excluding carboxylic acids is 1. The summed E-state index contributed by atoms with van der Waals surface area (Å²) < 4.78 is 0. The van der Waals surface area contributed by atoms with Crippen LogP contribution in [-0.2, 0) is 17.9 Å². The summed E-state index contributed by atoms with van der Waals surface area (Å²) in [7, 11) is 0. The van der Waals surface area contributed by atoms with Crippen molar-refractivity contribution < 1.29 is 4.79 Å². The number of rotatable bonds is 6. The van der Waals surface area contributed by atoms with Gasteiger partial charge in [-0.1, -0.05) is 74.5 Å². The summed E-state index contributed by atoms with van der Waals surface area (Å²) >= 11 is 0. The van der Waals surface area contributed by atoms with Crippen molar-refractivity contribution in [3.05, 3.63) is 71.8 Å². The maximum absolute atomic E-state index is 12.9. The van der Waals surface area contributed by atoms with Crippen molar-refractivity contribution in [2.75, 3.05) is 0 Å². The fourth-order valence-corrected chi connectivity index (χ4v) is 3.60. The quantitative estimate of drug-likeness (QED) is 0.854. The molecule has 3 nitrogen and oxygen atoms in total. The summed E-state index contributed by atoms with van der Waals surface area (Å²) in [6.07, 6.45) is 0.890. The van der Waals surface area contributed by atoms with Gasteiger partial charge in [0.2, 0.25) is 5.91 Å². The summed E-state index contributed by atoms with van der Waals surface area (Å²) in [5.41, 5.74) is 1.88. The predicted octanol–water partition coefficient (Wildman–Crippen LogP) is 3.51. The predicted molar refractivity (Wildman–Crippen MR) is 97.2 cm³/mol. The second-order valence-corrected chi connectivity index (χ2v) is 6.95. The zero-order valence-electron chi connectivity index (χ0n) is 14.5. The Bertz CT molecular complexity index is 671. The Kier molecular flexibility index (Phi) is 5.00. The molecule has 0 bridgehead atoms. The molecule has 0 saturated heterocycles. The van der Waals surface area contributed by atoms with E-state index in [1.807, 2.05) is 48.5 Å². The molecule has 1 fully saturated rings. The van der Waals surface area contributed by atoms with E-state index in [0.29, 0.717) is 18.4 Å². The van der Waals surface area contributed by atoms with Crippen LogP contribution in [0.5, 0.6) is 0 Å². The lowest BCUT2D eigenvalue weighted by molar-refractivity contribution is -0.138. The average Bonchev–Trinajstić information content (AvgIpc) is 2.64. The van der Waals surface area contributed by atoms with E-state index in [2.05, 4.69) is 36.6 Å². The van der Waals surface area contributed by atoms with Gasteiger partial charge in [0.1, 0.15) is 5.54 Å². The molecule has 0 aromatic heterocycles. The van der Waals surface area contributed by atoms with Crippen molar-refractivity contribution in [3.63, 3.8) is 0 Å². The van der Waals surface area contributed by atoms with Crippen LogP contribution in [0.25, 0.3) is 0 Å². The van der Waals surface area contributed by atoms with E-state index in [9.17, 15) is 4.79 Å². The van der Waals surface area contributed by atoms with Gasteiger partial charge >= 0.3 is 0 Å². The molecule has 126 valence electrons. The minimum Gasteiger partial charge on any atom is -0.350 e. The molecule has 2 aromatic carbocycles. The highest BCUT2D eigenvalue weighted by molar-refractivity contribution is 5.88. The fourth-order valence-electron chi connectivity index (χ4n) is 3.60. The van der Waals surface area contributed by atoms with Crippen molar-refractivity contribution >= 4 is 5.91 Å². The Balaban J connectivity index is 1.65. The van der Waals surface area contributed by atoms with Gasteiger partial charge in [0.05, 0.1) is 0 Å². The lowest BCUT2D eigenvalue weighted by atomic mass is 9.60. The van der Waals surface area contributed by atoms with Crippen LogP contribution in [0, 0.1) is 11.8 Å². The molecule has 1 aliphatic carbocycles. The van der Waals surface area contributed by atoms with Gasteiger partial charge in [-0.05, 0) is 29.4 Å². The van der Waals surface area contributed by atoms with E-state index < -0.39 is 5.54 Å². The third kappa shape index (κ3) is 3.36. The minimum atomic E-state index is -0.454. The van der Waals surface area contributed by atoms with Crippen molar-refractivity contribution in [2.24, 2.45) is 11.8 Å². The summed E-state index contributed by atoms with van der Waals surface area (Å²) in [4.78, 5) is 12.9.